The van der Waals surface area contributed by atoms with Crippen LogP contribution in [0, 0.1) is 16.9 Å². The number of nitrogens with one attached hydrogen (secondary N) is 1. The van der Waals surface area contributed by atoms with Gasteiger partial charge in [-0.1, -0.05) is 30.3 Å². The molecule has 1 spiro atoms. The molecule has 1 aliphatic carbocycles. The number of piperidine rings is 1. The van der Waals surface area contributed by atoms with Gasteiger partial charge in [0.05, 0.1) is 0 Å². The lowest BCUT2D eigenvalue weighted by atomic mass is 9.95. The zero-order valence-electron chi connectivity index (χ0n) is 16.9. The molecule has 1 saturated heterocycles. The van der Waals surface area contributed by atoms with E-state index in [1.807, 2.05) is 0 Å². The number of nitrogens with zero attached hydrogens (tertiary/aromatic N) is 3. The minimum Gasteiger partial charge on any atom is -0.351 e. The van der Waals surface area contributed by atoms with Gasteiger partial charge in [-0.15, -0.1) is 5.06 Å². The van der Waals surface area contributed by atoms with Crippen LogP contribution in [0.25, 0.3) is 0 Å². The van der Waals surface area contributed by atoms with Gasteiger partial charge in [-0.05, 0) is 36.7 Å². The number of benzene rings is 1. The van der Waals surface area contributed by atoms with Gasteiger partial charge in [0, 0.05) is 33.0 Å². The molecule has 1 heterocycles. The lowest BCUT2D eigenvalue weighted by Crippen LogP contribution is -2.50. The average Bonchev–Trinajstić information content (AvgIpc) is 3.47. The maximum atomic E-state index is 14.6. The van der Waals surface area contributed by atoms with Crippen LogP contribution in [0.2, 0.25) is 0 Å². The molecule has 1 aliphatic heterocycles. The molecule has 0 unspecified atom stereocenters. The highest BCUT2D eigenvalue weighted by Gasteiger charge is 2.45. The van der Waals surface area contributed by atoms with Crippen molar-refractivity contribution in [2.75, 3.05) is 20.1 Å². The molecular weight excluding hydrogens is 394 g/mol. The molecule has 0 radical (unpaired) electrons. The van der Waals surface area contributed by atoms with Crippen LogP contribution in [0.1, 0.15) is 37.7 Å². The summed E-state index contributed by atoms with van der Waals surface area (Å²) in [6, 6.07) is 6.57. The smallest absolute Gasteiger partial charge is 0.351 e. The first-order valence-electron chi connectivity index (χ1n) is 10.0. The number of alkyl halides is 2. The molecule has 1 atom stereocenters. The second-order valence-corrected chi connectivity index (χ2v) is 8.22. The van der Waals surface area contributed by atoms with Crippen molar-refractivity contribution in [1.29, 1.82) is 5.26 Å². The van der Waals surface area contributed by atoms with Gasteiger partial charge in [0.2, 0.25) is 0 Å². The summed E-state index contributed by atoms with van der Waals surface area (Å²) in [6.45, 7) is 1.16. The molecule has 1 saturated carbocycles. The highest BCUT2D eigenvalue weighted by Crippen LogP contribution is 2.53. The van der Waals surface area contributed by atoms with Crippen LogP contribution >= 0.6 is 0 Å². The van der Waals surface area contributed by atoms with E-state index in [4.69, 9.17) is 10.1 Å². The van der Waals surface area contributed by atoms with E-state index < -0.39 is 36.8 Å². The Morgan fingerprint density at radius 2 is 1.90 bits per heavy atom. The van der Waals surface area contributed by atoms with Crippen LogP contribution < -0.4 is 5.32 Å². The molecule has 0 aromatic heterocycles. The second-order valence-electron chi connectivity index (χ2n) is 8.22. The van der Waals surface area contributed by atoms with Gasteiger partial charge in [0.25, 0.3) is 11.8 Å². The minimum absolute atomic E-state index is 0.393. The Morgan fingerprint density at radius 3 is 2.47 bits per heavy atom. The van der Waals surface area contributed by atoms with E-state index >= 15 is 0 Å². The standard InChI is InChI=1S/C21H26F2N4O3/c1-26(15-24)18(28)17(14-21(22,23)13-16-5-3-2-4-6-16)25-19(29)30-27-11-9-20(7-8-20)10-12-27/h2-6,17H,7-14H2,1H3,(H,25,29)/t17-/m0/s1. The summed E-state index contributed by atoms with van der Waals surface area (Å²) in [5, 5.41) is 12.7. The molecular formula is C21H26F2N4O3. The number of hydrogen-bond acceptors (Lipinski definition) is 5. The van der Waals surface area contributed by atoms with Crippen molar-refractivity contribution in [3.8, 4) is 6.19 Å². The van der Waals surface area contributed by atoms with E-state index in [2.05, 4.69) is 5.32 Å². The fourth-order valence-electron chi connectivity index (χ4n) is 3.76. The lowest BCUT2D eigenvalue weighted by molar-refractivity contribution is -0.136. The Bertz CT molecular complexity index is 798. The van der Waals surface area contributed by atoms with E-state index in [0.717, 1.165) is 19.9 Å². The number of amides is 2. The van der Waals surface area contributed by atoms with Crippen molar-refractivity contribution >= 4 is 12.0 Å². The molecule has 3 rings (SSSR count). The fraction of sp³-hybridized carbons (Fsp3) is 0.571. The molecule has 1 N–H and O–H groups in total. The van der Waals surface area contributed by atoms with Gasteiger partial charge < -0.3 is 10.2 Å². The second kappa shape index (κ2) is 8.96. The van der Waals surface area contributed by atoms with Gasteiger partial charge in [-0.25, -0.2) is 13.6 Å². The summed E-state index contributed by atoms with van der Waals surface area (Å²) in [5.74, 6) is -4.19. The van der Waals surface area contributed by atoms with Crippen molar-refractivity contribution in [3.63, 3.8) is 0 Å². The number of rotatable bonds is 7. The van der Waals surface area contributed by atoms with Crippen molar-refractivity contribution < 1.29 is 23.2 Å². The van der Waals surface area contributed by atoms with Crippen molar-refractivity contribution in [2.45, 2.75) is 50.5 Å². The molecule has 1 aromatic carbocycles. The zero-order valence-corrected chi connectivity index (χ0v) is 16.9. The third kappa shape index (κ3) is 5.89. The van der Waals surface area contributed by atoms with Crippen LogP contribution in [0.5, 0.6) is 0 Å². The molecule has 0 bridgehead atoms. The van der Waals surface area contributed by atoms with Crippen LogP contribution in [-0.2, 0) is 16.1 Å². The Morgan fingerprint density at radius 1 is 1.27 bits per heavy atom. The Balaban J connectivity index is 1.60. The molecule has 9 heteroatoms. The lowest BCUT2D eigenvalue weighted by Gasteiger charge is -2.31. The molecule has 162 valence electrons. The van der Waals surface area contributed by atoms with Gasteiger partial charge in [-0.2, -0.15) is 5.26 Å². The van der Waals surface area contributed by atoms with E-state index in [1.165, 1.54) is 17.9 Å². The molecule has 7 nitrogen and oxygen atoms in total. The van der Waals surface area contributed by atoms with Crippen LogP contribution in [0.3, 0.4) is 0 Å². The first kappa shape index (κ1) is 22.0. The third-order valence-corrected chi connectivity index (χ3v) is 5.83. The summed E-state index contributed by atoms with van der Waals surface area (Å²) in [6.07, 6.45) is 3.33. The SMILES string of the molecule is CN(C#N)C(=O)[C@H](CC(F)(F)Cc1ccccc1)NC(=O)ON1CCC2(CC1)CC2. The van der Waals surface area contributed by atoms with Crippen LogP contribution in [0.4, 0.5) is 13.6 Å². The Hall–Kier alpha value is -2.73. The molecule has 2 fully saturated rings. The predicted molar refractivity (Wildman–Crippen MR) is 104 cm³/mol. The monoisotopic (exact) mass is 420 g/mol. The van der Waals surface area contributed by atoms with E-state index in [0.29, 0.717) is 29.0 Å². The topological polar surface area (TPSA) is 85.7 Å². The summed E-state index contributed by atoms with van der Waals surface area (Å²) in [5.41, 5.74) is 0.802. The molecule has 1 aromatic rings. The molecule has 2 amide bonds. The summed E-state index contributed by atoms with van der Waals surface area (Å²) < 4.78 is 29.3. The van der Waals surface area contributed by atoms with Gasteiger partial charge in [-0.3, -0.25) is 9.69 Å². The van der Waals surface area contributed by atoms with E-state index in [9.17, 15) is 18.4 Å². The number of likely N-dealkylation sites (N-methyl/N-ethyl adjacent to an activating group) is 1. The number of hydroxylamine groups is 2. The van der Waals surface area contributed by atoms with E-state index in [1.54, 1.807) is 36.5 Å². The molecule has 30 heavy (non-hydrogen) atoms. The minimum atomic E-state index is -3.27. The normalized spacial score (nSPS) is 18.9. The van der Waals surface area contributed by atoms with Crippen molar-refractivity contribution in [1.82, 2.24) is 15.3 Å². The summed E-state index contributed by atoms with van der Waals surface area (Å²) in [7, 11) is 1.16. The van der Waals surface area contributed by atoms with Crippen molar-refractivity contribution in [3.05, 3.63) is 35.9 Å². The number of carbonyl (C=O) groups is 2. The highest BCUT2D eigenvalue weighted by molar-refractivity contribution is 5.86. The quantitative estimate of drug-likeness (QED) is 0.541. The number of hydrogen-bond donors (Lipinski definition) is 1. The van der Waals surface area contributed by atoms with Crippen molar-refractivity contribution in [2.24, 2.45) is 5.41 Å². The van der Waals surface area contributed by atoms with Crippen LogP contribution in [-0.4, -0.2) is 54.1 Å². The number of halogens is 2. The number of nitriles is 1. The Kier molecular flexibility index (Phi) is 6.56. The first-order chi connectivity index (χ1) is 14.2. The van der Waals surface area contributed by atoms with Gasteiger partial charge in [0.15, 0.2) is 6.19 Å². The number of carbonyl (C=O) groups excluding carboxylic acids is 2. The Labute approximate surface area is 174 Å². The largest absolute Gasteiger partial charge is 0.426 e. The first-order valence-corrected chi connectivity index (χ1v) is 10.0. The average molecular weight is 420 g/mol. The van der Waals surface area contributed by atoms with Gasteiger partial charge >= 0.3 is 6.09 Å². The van der Waals surface area contributed by atoms with E-state index in [-0.39, 0.29) is 0 Å². The summed E-state index contributed by atoms with van der Waals surface area (Å²) in [4.78, 5) is 30.5. The predicted octanol–water partition coefficient (Wildman–Crippen LogP) is 3.08. The molecule has 2 aliphatic rings. The fourth-order valence-corrected chi connectivity index (χ4v) is 3.76. The highest BCUT2D eigenvalue weighted by atomic mass is 19.3. The summed E-state index contributed by atoms with van der Waals surface area (Å²) >= 11 is 0. The maximum Gasteiger partial charge on any atom is 0.426 e. The maximum absolute atomic E-state index is 14.6. The third-order valence-electron chi connectivity index (χ3n) is 5.83. The van der Waals surface area contributed by atoms with Crippen LogP contribution in [0.15, 0.2) is 30.3 Å². The van der Waals surface area contributed by atoms with Gasteiger partial charge in [0.1, 0.15) is 6.04 Å². The zero-order chi connectivity index (χ0) is 21.8.